The number of rotatable bonds is 1. The molecule has 4 aliphatic rings. The Morgan fingerprint density at radius 2 is 1.22 bits per heavy atom. The van der Waals surface area contributed by atoms with Crippen molar-refractivity contribution in [3.05, 3.63) is 30.1 Å². The fourth-order valence-corrected chi connectivity index (χ4v) is 1.84. The molecule has 0 amide bonds. The third kappa shape index (κ3) is 15.8. The molecule has 1 aromatic heterocycles. The molecule has 2 heteroatoms. The van der Waals surface area contributed by atoms with Crippen molar-refractivity contribution in [3.63, 3.8) is 0 Å². The molecule has 0 spiro atoms. The quantitative estimate of drug-likeness (QED) is 0.391. The molecular formula is C25H48NY-. The van der Waals surface area contributed by atoms with E-state index < -0.39 is 0 Å². The van der Waals surface area contributed by atoms with Crippen LogP contribution in [0.25, 0.3) is 0 Å². The molecule has 0 saturated heterocycles. The second-order valence-corrected chi connectivity index (χ2v) is 8.41. The predicted octanol–water partition coefficient (Wildman–Crippen LogP) is 8.33. The zero-order valence-electron chi connectivity index (χ0n) is 17.8. The molecule has 5 rings (SSSR count). The van der Waals surface area contributed by atoms with Crippen molar-refractivity contribution in [2.75, 3.05) is 0 Å². The molecule has 1 nitrogen and oxygen atoms in total. The van der Waals surface area contributed by atoms with Crippen LogP contribution < -0.4 is 0 Å². The maximum absolute atomic E-state index is 4.00. The minimum atomic E-state index is 0. The number of fused-ring (bicyclic) bond motifs is 2. The van der Waals surface area contributed by atoms with Crippen molar-refractivity contribution in [2.24, 2.45) is 23.7 Å². The third-order valence-electron chi connectivity index (χ3n) is 4.91. The van der Waals surface area contributed by atoms with Crippen molar-refractivity contribution in [2.45, 2.75) is 107 Å². The smallest absolute Gasteiger partial charge is 0 e. The Kier molecular flexibility index (Phi) is 19.0. The van der Waals surface area contributed by atoms with Gasteiger partial charge >= 0.3 is 0 Å². The van der Waals surface area contributed by atoms with Gasteiger partial charge in [-0.2, -0.15) is 5.56 Å². The number of unbranched alkanes of at least 4 members (excludes halogenated alkanes) is 1. The van der Waals surface area contributed by atoms with Crippen molar-refractivity contribution in [1.82, 2.24) is 4.98 Å². The first-order chi connectivity index (χ1) is 11.5. The maximum atomic E-state index is 4.00. The van der Waals surface area contributed by atoms with E-state index >= 15 is 0 Å². The van der Waals surface area contributed by atoms with E-state index in [1.165, 1.54) is 42.1 Å². The number of pyridine rings is 1. The van der Waals surface area contributed by atoms with E-state index in [1.54, 1.807) is 31.9 Å². The first kappa shape index (κ1) is 31.9. The van der Waals surface area contributed by atoms with E-state index in [1.807, 2.05) is 26.1 Å². The van der Waals surface area contributed by atoms with Gasteiger partial charge in [0.05, 0.1) is 0 Å². The molecule has 4 aliphatic carbocycles. The van der Waals surface area contributed by atoms with Gasteiger partial charge in [0, 0.05) is 32.7 Å². The standard InChI is InChI=1S/C9H12N.2C4H6.C4H10.C2H6.2CH4.Y/c1-9(2,3)8-5-4-6-10-7-8;2*1-3-2-4(1)3;1-3-4-2;1-2;;;/h5-7H,1-3H3;2*3-4H,1-2H2;3-4H2,1-2H3;1-2H3;2*1H4;/q-1;;;;;;;. The number of hydrogen-bond donors (Lipinski definition) is 0. The molecule has 0 bridgehead atoms. The molecule has 0 N–H and O–H groups in total. The van der Waals surface area contributed by atoms with Crippen LogP contribution in [0.1, 0.15) is 107 Å². The summed E-state index contributed by atoms with van der Waals surface area (Å²) in [5.74, 6) is 5.00. The minimum Gasteiger partial charge on any atom is -0.304 e. The summed E-state index contributed by atoms with van der Waals surface area (Å²) in [6.45, 7) is 14.9. The number of hydrogen-bond acceptors (Lipinski definition) is 1. The fourth-order valence-electron chi connectivity index (χ4n) is 1.84. The monoisotopic (exact) mass is 451 g/mol. The van der Waals surface area contributed by atoms with Gasteiger partial charge in [-0.1, -0.05) is 94.0 Å². The largest absolute Gasteiger partial charge is 0.304 e. The summed E-state index contributed by atoms with van der Waals surface area (Å²) in [5, 5.41) is 0. The zero-order valence-corrected chi connectivity index (χ0v) is 20.6. The molecule has 4 fully saturated rings. The molecule has 1 radical (unpaired) electrons. The summed E-state index contributed by atoms with van der Waals surface area (Å²) in [7, 11) is 0. The van der Waals surface area contributed by atoms with Crippen LogP contribution in [0.3, 0.4) is 0 Å². The zero-order chi connectivity index (χ0) is 18.2. The number of nitrogens with zero attached hydrogens (tertiary/aromatic N) is 1. The van der Waals surface area contributed by atoms with Gasteiger partial charge in [-0.3, -0.25) is 0 Å². The van der Waals surface area contributed by atoms with Crippen LogP contribution in [0.15, 0.2) is 18.5 Å². The van der Waals surface area contributed by atoms with Crippen LogP contribution in [0, 0.1) is 29.7 Å². The molecule has 0 atom stereocenters. The fraction of sp³-hybridized carbons (Fsp3) is 0.800. The van der Waals surface area contributed by atoms with E-state index in [4.69, 9.17) is 0 Å². The first-order valence-electron chi connectivity index (χ1n) is 10.3. The summed E-state index contributed by atoms with van der Waals surface area (Å²) in [6.07, 6.45) is 12.5. The van der Waals surface area contributed by atoms with Gasteiger partial charge in [-0.15, -0.1) is 0 Å². The minimum absolute atomic E-state index is 0. The second-order valence-electron chi connectivity index (χ2n) is 8.41. The topological polar surface area (TPSA) is 12.9 Å². The van der Waals surface area contributed by atoms with Gasteiger partial charge in [-0.25, -0.2) is 12.1 Å². The SMILES string of the molecule is C.C.C1C2CC12.C1C2CC12.CC.CC(C)(C)c1c[c-]cnc1.CCCC.[Y]. The molecule has 1 heterocycles. The van der Waals surface area contributed by atoms with Gasteiger partial charge in [0.25, 0.3) is 0 Å². The molecular weight excluding hydrogens is 403 g/mol. The molecule has 0 unspecified atom stereocenters. The van der Waals surface area contributed by atoms with Crippen molar-refractivity contribution in [1.29, 1.82) is 0 Å². The van der Waals surface area contributed by atoms with Crippen LogP contribution in [0.5, 0.6) is 0 Å². The normalized spacial score (nSPS) is 25.1. The third-order valence-corrected chi connectivity index (χ3v) is 4.91. The van der Waals surface area contributed by atoms with Crippen molar-refractivity contribution < 1.29 is 32.7 Å². The Morgan fingerprint density at radius 1 is 0.889 bits per heavy atom. The average Bonchev–Trinajstić information content (AvgIpc) is 3.38. The van der Waals surface area contributed by atoms with Crippen LogP contribution >= 0.6 is 0 Å². The van der Waals surface area contributed by atoms with Crippen LogP contribution in [-0.4, -0.2) is 4.98 Å². The Labute approximate surface area is 197 Å². The van der Waals surface area contributed by atoms with E-state index in [-0.39, 0.29) is 53.0 Å². The summed E-state index contributed by atoms with van der Waals surface area (Å²) in [6, 6.07) is 4.94. The average molecular weight is 452 g/mol. The Balaban J connectivity index is -0.000000286. The first-order valence-corrected chi connectivity index (χ1v) is 10.3. The van der Waals surface area contributed by atoms with Crippen molar-refractivity contribution in [3.8, 4) is 0 Å². The Bertz CT molecular complexity index is 395. The second kappa shape index (κ2) is 16.1. The van der Waals surface area contributed by atoms with Gasteiger partial charge < -0.3 is 4.98 Å². The predicted molar refractivity (Wildman–Crippen MR) is 120 cm³/mol. The van der Waals surface area contributed by atoms with Gasteiger partial charge in [0.15, 0.2) is 0 Å². The van der Waals surface area contributed by atoms with E-state index in [0.29, 0.717) is 0 Å². The number of aromatic nitrogens is 1. The summed E-state index contributed by atoms with van der Waals surface area (Å²) >= 11 is 0. The van der Waals surface area contributed by atoms with Crippen molar-refractivity contribution >= 4 is 0 Å². The summed E-state index contributed by atoms with van der Waals surface area (Å²) in [4.78, 5) is 4.00. The van der Waals surface area contributed by atoms with Crippen LogP contribution in [-0.2, 0) is 38.1 Å². The molecule has 0 aliphatic heterocycles. The van der Waals surface area contributed by atoms with Crippen LogP contribution in [0.2, 0.25) is 0 Å². The Hall–Kier alpha value is 0.254. The molecule has 27 heavy (non-hydrogen) atoms. The van der Waals surface area contributed by atoms with Gasteiger partial charge in [-0.05, 0) is 49.4 Å². The molecule has 0 aromatic carbocycles. The van der Waals surface area contributed by atoms with E-state index in [2.05, 4.69) is 45.7 Å². The molecule has 157 valence electrons. The maximum Gasteiger partial charge on any atom is 0 e. The molecule has 4 saturated carbocycles. The summed E-state index contributed by atoms with van der Waals surface area (Å²) < 4.78 is 0. The van der Waals surface area contributed by atoms with Gasteiger partial charge in [0.1, 0.15) is 0 Å². The van der Waals surface area contributed by atoms with Crippen LogP contribution in [0.4, 0.5) is 0 Å². The Morgan fingerprint density at radius 3 is 1.33 bits per heavy atom. The molecule has 1 aromatic rings. The van der Waals surface area contributed by atoms with E-state index in [0.717, 1.165) is 0 Å². The summed E-state index contributed by atoms with van der Waals surface area (Å²) in [5.41, 5.74) is 1.43. The van der Waals surface area contributed by atoms with Gasteiger partial charge in [0.2, 0.25) is 0 Å². The van der Waals surface area contributed by atoms with E-state index in [9.17, 15) is 0 Å².